The van der Waals surface area contributed by atoms with Gasteiger partial charge in [0.15, 0.2) is 0 Å². The SMILES string of the molecule is CON.c1ccc(N2CCCCC2)cc1. The van der Waals surface area contributed by atoms with Crippen molar-refractivity contribution in [2.75, 3.05) is 25.1 Å². The van der Waals surface area contributed by atoms with Crippen molar-refractivity contribution in [3.05, 3.63) is 30.3 Å². The summed E-state index contributed by atoms with van der Waals surface area (Å²) in [6.45, 7) is 2.48. The zero-order chi connectivity index (χ0) is 10.9. The van der Waals surface area contributed by atoms with Crippen molar-refractivity contribution in [1.29, 1.82) is 0 Å². The van der Waals surface area contributed by atoms with Crippen LogP contribution in [0.15, 0.2) is 30.3 Å². The average molecular weight is 208 g/mol. The van der Waals surface area contributed by atoms with E-state index in [2.05, 4.69) is 46.0 Å². The summed E-state index contributed by atoms with van der Waals surface area (Å²) in [6, 6.07) is 10.7. The van der Waals surface area contributed by atoms with Gasteiger partial charge < -0.3 is 9.74 Å². The lowest BCUT2D eigenvalue weighted by Crippen LogP contribution is -2.29. The number of benzene rings is 1. The zero-order valence-corrected chi connectivity index (χ0v) is 9.36. The second-order valence-corrected chi connectivity index (χ2v) is 3.62. The Balaban J connectivity index is 0.000000337. The van der Waals surface area contributed by atoms with Gasteiger partial charge in [0.05, 0.1) is 7.11 Å². The zero-order valence-electron chi connectivity index (χ0n) is 9.36. The highest BCUT2D eigenvalue weighted by atomic mass is 16.6. The van der Waals surface area contributed by atoms with Crippen LogP contribution < -0.4 is 10.8 Å². The standard InChI is InChI=1S/C11H15N.CH5NO/c1-3-7-11(8-4-1)12-9-5-2-6-10-12;1-3-2/h1,3-4,7-8H,2,5-6,9-10H2;2H2,1H3. The predicted molar refractivity (Wildman–Crippen MR) is 63.7 cm³/mol. The van der Waals surface area contributed by atoms with E-state index in [1.807, 2.05) is 0 Å². The van der Waals surface area contributed by atoms with Crippen LogP contribution in [-0.2, 0) is 4.84 Å². The fourth-order valence-electron chi connectivity index (χ4n) is 1.79. The van der Waals surface area contributed by atoms with Crippen LogP contribution in [0.4, 0.5) is 5.69 Å². The number of para-hydroxylation sites is 1. The number of rotatable bonds is 1. The molecule has 2 N–H and O–H groups in total. The van der Waals surface area contributed by atoms with Gasteiger partial charge in [-0.05, 0) is 31.4 Å². The molecule has 0 spiro atoms. The Kier molecular flexibility index (Phi) is 5.81. The van der Waals surface area contributed by atoms with Crippen molar-refractivity contribution in [2.45, 2.75) is 19.3 Å². The van der Waals surface area contributed by atoms with Gasteiger partial charge in [-0.1, -0.05) is 18.2 Å². The van der Waals surface area contributed by atoms with Crippen molar-refractivity contribution >= 4 is 5.69 Å². The van der Waals surface area contributed by atoms with E-state index in [9.17, 15) is 0 Å². The molecule has 1 aromatic carbocycles. The van der Waals surface area contributed by atoms with Gasteiger partial charge in [-0.2, -0.15) is 0 Å². The largest absolute Gasteiger partial charge is 0.372 e. The van der Waals surface area contributed by atoms with Crippen LogP contribution in [0.1, 0.15) is 19.3 Å². The van der Waals surface area contributed by atoms with E-state index >= 15 is 0 Å². The van der Waals surface area contributed by atoms with E-state index in [0.717, 1.165) is 0 Å². The Hall–Kier alpha value is -1.06. The number of nitrogens with two attached hydrogens (primary N) is 1. The molecule has 0 bridgehead atoms. The van der Waals surface area contributed by atoms with Crippen LogP contribution in [0.3, 0.4) is 0 Å². The molecule has 0 atom stereocenters. The predicted octanol–water partition coefficient (Wildman–Crippen LogP) is 2.18. The van der Waals surface area contributed by atoms with E-state index in [0.29, 0.717) is 0 Å². The highest BCUT2D eigenvalue weighted by Gasteiger charge is 2.09. The molecule has 1 saturated heterocycles. The second-order valence-electron chi connectivity index (χ2n) is 3.62. The summed E-state index contributed by atoms with van der Waals surface area (Å²) in [5, 5.41) is 0. The van der Waals surface area contributed by atoms with Crippen molar-refractivity contribution in [3.8, 4) is 0 Å². The normalized spacial score (nSPS) is 15.5. The Morgan fingerprint density at radius 3 is 2.13 bits per heavy atom. The molecule has 0 unspecified atom stereocenters. The molecule has 15 heavy (non-hydrogen) atoms. The van der Waals surface area contributed by atoms with Crippen molar-refractivity contribution in [2.24, 2.45) is 5.90 Å². The lowest BCUT2D eigenvalue weighted by molar-refractivity contribution is 0.206. The highest BCUT2D eigenvalue weighted by molar-refractivity contribution is 5.46. The lowest BCUT2D eigenvalue weighted by Gasteiger charge is -2.28. The van der Waals surface area contributed by atoms with Crippen LogP contribution in [0.5, 0.6) is 0 Å². The maximum Gasteiger partial charge on any atom is 0.0569 e. The van der Waals surface area contributed by atoms with Crippen LogP contribution in [-0.4, -0.2) is 20.2 Å². The topological polar surface area (TPSA) is 38.5 Å². The molecule has 1 aliphatic heterocycles. The van der Waals surface area contributed by atoms with Crippen LogP contribution in [0, 0.1) is 0 Å². The third-order valence-electron chi connectivity index (χ3n) is 2.48. The first-order valence-electron chi connectivity index (χ1n) is 5.41. The molecular weight excluding hydrogens is 188 g/mol. The van der Waals surface area contributed by atoms with Crippen molar-refractivity contribution in [3.63, 3.8) is 0 Å². The highest BCUT2D eigenvalue weighted by Crippen LogP contribution is 2.18. The first-order chi connectivity index (χ1) is 7.38. The van der Waals surface area contributed by atoms with E-state index in [-0.39, 0.29) is 0 Å². The Morgan fingerprint density at radius 1 is 1.07 bits per heavy atom. The van der Waals surface area contributed by atoms with Gasteiger partial charge in [0, 0.05) is 18.8 Å². The Labute approximate surface area is 91.8 Å². The van der Waals surface area contributed by atoms with Gasteiger partial charge in [0.25, 0.3) is 0 Å². The fourth-order valence-corrected chi connectivity index (χ4v) is 1.79. The van der Waals surface area contributed by atoms with Crippen LogP contribution in [0.25, 0.3) is 0 Å². The minimum absolute atomic E-state index is 1.24. The van der Waals surface area contributed by atoms with Crippen LogP contribution in [0.2, 0.25) is 0 Å². The third-order valence-corrected chi connectivity index (χ3v) is 2.48. The minimum Gasteiger partial charge on any atom is -0.372 e. The molecule has 0 radical (unpaired) electrons. The number of hydrogen-bond acceptors (Lipinski definition) is 3. The molecule has 84 valence electrons. The molecular formula is C12H20N2O. The molecule has 1 heterocycles. The molecule has 2 rings (SSSR count). The first-order valence-corrected chi connectivity index (χ1v) is 5.41. The molecule has 1 fully saturated rings. The molecule has 1 aliphatic rings. The van der Waals surface area contributed by atoms with Gasteiger partial charge in [-0.15, -0.1) is 0 Å². The Morgan fingerprint density at radius 2 is 1.60 bits per heavy atom. The van der Waals surface area contributed by atoms with Gasteiger partial charge in [0.1, 0.15) is 0 Å². The summed E-state index contributed by atoms with van der Waals surface area (Å²) in [5.41, 5.74) is 1.39. The van der Waals surface area contributed by atoms with Gasteiger partial charge in [0.2, 0.25) is 0 Å². The van der Waals surface area contributed by atoms with Gasteiger partial charge in [-0.3, -0.25) is 0 Å². The maximum atomic E-state index is 4.35. The molecule has 1 aromatic rings. The van der Waals surface area contributed by atoms with Gasteiger partial charge in [-0.25, -0.2) is 5.90 Å². The van der Waals surface area contributed by atoms with E-state index < -0.39 is 0 Å². The van der Waals surface area contributed by atoms with E-state index in [1.165, 1.54) is 45.1 Å². The first kappa shape index (κ1) is 12.0. The number of anilines is 1. The summed E-state index contributed by atoms with van der Waals surface area (Å²) in [4.78, 5) is 6.23. The number of hydrogen-bond donors (Lipinski definition) is 1. The van der Waals surface area contributed by atoms with Crippen molar-refractivity contribution in [1.82, 2.24) is 0 Å². The fraction of sp³-hybridized carbons (Fsp3) is 0.500. The van der Waals surface area contributed by atoms with E-state index in [4.69, 9.17) is 0 Å². The smallest absolute Gasteiger partial charge is 0.0569 e. The van der Waals surface area contributed by atoms with E-state index in [1.54, 1.807) is 0 Å². The third kappa shape index (κ3) is 4.32. The minimum atomic E-state index is 1.24. The quantitative estimate of drug-likeness (QED) is 0.719. The lowest BCUT2D eigenvalue weighted by atomic mass is 10.1. The summed E-state index contributed by atoms with van der Waals surface area (Å²) in [6.07, 6.45) is 4.12. The van der Waals surface area contributed by atoms with Crippen molar-refractivity contribution < 1.29 is 4.84 Å². The van der Waals surface area contributed by atoms with Gasteiger partial charge >= 0.3 is 0 Å². The second kappa shape index (κ2) is 7.26. The van der Waals surface area contributed by atoms with Crippen LogP contribution >= 0.6 is 0 Å². The maximum absolute atomic E-state index is 4.35. The Bertz CT molecular complexity index is 245. The average Bonchev–Trinajstić information content (AvgIpc) is 2.32. The summed E-state index contributed by atoms with van der Waals surface area (Å²) >= 11 is 0. The monoisotopic (exact) mass is 208 g/mol. The molecule has 0 aliphatic carbocycles. The summed E-state index contributed by atoms with van der Waals surface area (Å²) < 4.78 is 0. The molecule has 0 aromatic heterocycles. The summed E-state index contributed by atoms with van der Waals surface area (Å²) in [5.74, 6) is 4.35. The molecule has 0 saturated carbocycles. The number of piperidine rings is 1. The molecule has 3 nitrogen and oxygen atoms in total. The number of nitrogens with zero attached hydrogens (tertiary/aromatic N) is 1. The molecule has 3 heteroatoms. The summed E-state index contributed by atoms with van der Waals surface area (Å²) in [7, 11) is 1.40. The molecule has 0 amide bonds.